The monoisotopic (exact) mass is 556 g/mol. The Kier molecular flexibility index (Phi) is 11.0. The van der Waals surface area contributed by atoms with Crippen LogP contribution in [-0.4, -0.2) is 35.4 Å². The third kappa shape index (κ3) is 7.90. The van der Waals surface area contributed by atoms with Crippen molar-refractivity contribution < 1.29 is 14.3 Å². The standard InChI is InChI=1S/C25H31BrCl2N2O3/c1-5-16(4)29-25(32)22(7-3)30(14-18-8-10-20(27)21(28)13-18)24(31)15-33-23-11-9-17(6-2)12-19(23)26/h8-13,16,22H,5-7,14-15H2,1-4H3,(H,29,32)/t16-,22-/m1/s1. The van der Waals surface area contributed by atoms with Gasteiger partial charge < -0.3 is 15.0 Å². The number of nitrogens with zero attached hydrogens (tertiary/aromatic N) is 1. The van der Waals surface area contributed by atoms with Crippen LogP contribution < -0.4 is 10.1 Å². The largest absolute Gasteiger partial charge is 0.483 e. The molecule has 0 aliphatic heterocycles. The van der Waals surface area contributed by atoms with Crippen molar-refractivity contribution in [1.82, 2.24) is 10.2 Å². The highest BCUT2D eigenvalue weighted by molar-refractivity contribution is 9.10. The van der Waals surface area contributed by atoms with E-state index in [9.17, 15) is 9.59 Å². The van der Waals surface area contributed by atoms with Gasteiger partial charge in [-0.05, 0) is 77.5 Å². The minimum atomic E-state index is -0.643. The first kappa shape index (κ1) is 27.5. The summed E-state index contributed by atoms with van der Waals surface area (Å²) in [4.78, 5) is 27.9. The number of aryl methyl sites for hydroxylation is 1. The predicted octanol–water partition coefficient (Wildman–Crippen LogP) is 6.42. The second-order valence-corrected chi connectivity index (χ2v) is 9.59. The summed E-state index contributed by atoms with van der Waals surface area (Å²) in [5.41, 5.74) is 1.94. The number of carbonyl (C=O) groups excluding carboxylic acids is 2. The summed E-state index contributed by atoms with van der Waals surface area (Å²) in [6.07, 6.45) is 2.16. The fraction of sp³-hybridized carbons (Fsp3) is 0.440. The zero-order chi connectivity index (χ0) is 24.5. The Morgan fingerprint density at radius 1 is 1.03 bits per heavy atom. The van der Waals surface area contributed by atoms with Crippen LogP contribution in [0.2, 0.25) is 10.0 Å². The molecule has 0 aliphatic carbocycles. The molecule has 33 heavy (non-hydrogen) atoms. The first-order valence-corrected chi connectivity index (χ1v) is 12.7. The number of ether oxygens (including phenoxy) is 1. The van der Waals surface area contributed by atoms with Gasteiger partial charge in [-0.2, -0.15) is 0 Å². The third-order valence-corrected chi connectivity index (χ3v) is 6.84. The van der Waals surface area contributed by atoms with Gasteiger partial charge in [0.2, 0.25) is 5.91 Å². The Labute approximate surface area is 214 Å². The molecule has 0 fully saturated rings. The van der Waals surface area contributed by atoms with Crippen molar-refractivity contribution in [2.24, 2.45) is 0 Å². The second-order valence-electron chi connectivity index (χ2n) is 7.92. The number of nitrogens with one attached hydrogen (secondary N) is 1. The van der Waals surface area contributed by atoms with Gasteiger partial charge in [-0.3, -0.25) is 9.59 Å². The molecular weight excluding hydrogens is 527 g/mol. The summed E-state index contributed by atoms with van der Waals surface area (Å²) >= 11 is 15.7. The van der Waals surface area contributed by atoms with Crippen LogP contribution in [0.3, 0.4) is 0 Å². The molecule has 0 saturated heterocycles. The van der Waals surface area contributed by atoms with Crippen LogP contribution in [-0.2, 0) is 22.6 Å². The van der Waals surface area contributed by atoms with Gasteiger partial charge in [0.05, 0.1) is 14.5 Å². The number of hydrogen-bond donors (Lipinski definition) is 1. The molecule has 0 radical (unpaired) electrons. The van der Waals surface area contributed by atoms with Crippen LogP contribution in [0, 0.1) is 0 Å². The number of hydrogen-bond acceptors (Lipinski definition) is 3. The second kappa shape index (κ2) is 13.2. The molecule has 0 bridgehead atoms. The summed E-state index contributed by atoms with van der Waals surface area (Å²) < 4.78 is 6.60. The predicted molar refractivity (Wildman–Crippen MR) is 138 cm³/mol. The Hall–Kier alpha value is -1.76. The molecule has 8 heteroatoms. The normalized spacial score (nSPS) is 12.7. The van der Waals surface area contributed by atoms with Crippen molar-refractivity contribution in [2.45, 2.75) is 65.6 Å². The Morgan fingerprint density at radius 3 is 2.30 bits per heavy atom. The summed E-state index contributed by atoms with van der Waals surface area (Å²) in [5.74, 6) is 0.0968. The van der Waals surface area contributed by atoms with E-state index < -0.39 is 6.04 Å². The van der Waals surface area contributed by atoms with Crippen LogP contribution in [0.4, 0.5) is 0 Å². The quantitative estimate of drug-likeness (QED) is 0.347. The van der Waals surface area contributed by atoms with Gasteiger partial charge in [-0.15, -0.1) is 0 Å². The molecule has 0 saturated carbocycles. The lowest BCUT2D eigenvalue weighted by atomic mass is 10.1. The molecular formula is C25H31BrCl2N2O3. The number of amides is 2. The molecule has 0 aliphatic rings. The number of carbonyl (C=O) groups is 2. The molecule has 0 spiro atoms. The van der Waals surface area contributed by atoms with Crippen LogP contribution in [0.25, 0.3) is 0 Å². The third-order valence-electron chi connectivity index (χ3n) is 5.48. The molecule has 2 atom stereocenters. The van der Waals surface area contributed by atoms with E-state index in [4.69, 9.17) is 27.9 Å². The lowest BCUT2D eigenvalue weighted by molar-refractivity contribution is -0.143. The van der Waals surface area contributed by atoms with Gasteiger partial charge in [0, 0.05) is 12.6 Å². The maximum Gasteiger partial charge on any atom is 0.261 e. The summed E-state index contributed by atoms with van der Waals surface area (Å²) in [5, 5.41) is 3.82. The van der Waals surface area contributed by atoms with Crippen molar-refractivity contribution in [3.63, 3.8) is 0 Å². The van der Waals surface area contributed by atoms with Crippen molar-refractivity contribution >= 4 is 50.9 Å². The number of rotatable bonds is 11. The highest BCUT2D eigenvalue weighted by Crippen LogP contribution is 2.27. The van der Waals surface area contributed by atoms with Gasteiger partial charge in [-0.25, -0.2) is 0 Å². The van der Waals surface area contributed by atoms with Crippen molar-refractivity contribution in [1.29, 1.82) is 0 Å². The smallest absolute Gasteiger partial charge is 0.261 e. The van der Waals surface area contributed by atoms with Crippen molar-refractivity contribution in [2.75, 3.05) is 6.61 Å². The molecule has 0 heterocycles. The van der Waals surface area contributed by atoms with Gasteiger partial charge in [-0.1, -0.05) is 56.1 Å². The molecule has 5 nitrogen and oxygen atoms in total. The highest BCUT2D eigenvalue weighted by Gasteiger charge is 2.29. The summed E-state index contributed by atoms with van der Waals surface area (Å²) in [6.45, 7) is 7.91. The van der Waals surface area contributed by atoms with E-state index in [2.05, 4.69) is 28.2 Å². The Morgan fingerprint density at radius 2 is 1.73 bits per heavy atom. The molecule has 0 unspecified atom stereocenters. The number of halogens is 3. The van der Waals surface area contributed by atoms with E-state index in [0.717, 1.165) is 28.4 Å². The van der Waals surface area contributed by atoms with E-state index in [1.165, 1.54) is 0 Å². The lowest BCUT2D eigenvalue weighted by Gasteiger charge is -2.31. The molecule has 2 aromatic rings. The summed E-state index contributed by atoms with van der Waals surface area (Å²) in [7, 11) is 0. The van der Waals surface area contributed by atoms with Crippen LogP contribution in [0.5, 0.6) is 5.75 Å². The molecule has 1 N–H and O–H groups in total. The molecule has 180 valence electrons. The molecule has 2 rings (SSSR count). The maximum absolute atomic E-state index is 13.3. The zero-order valence-corrected chi connectivity index (χ0v) is 22.6. The minimum absolute atomic E-state index is 0.0118. The minimum Gasteiger partial charge on any atom is -0.483 e. The first-order chi connectivity index (χ1) is 15.7. The van der Waals surface area contributed by atoms with Gasteiger partial charge in [0.25, 0.3) is 5.91 Å². The fourth-order valence-corrected chi connectivity index (χ4v) is 4.16. The van der Waals surface area contributed by atoms with Crippen LogP contribution in [0.15, 0.2) is 40.9 Å². The maximum atomic E-state index is 13.3. The number of benzene rings is 2. The zero-order valence-electron chi connectivity index (χ0n) is 19.5. The van der Waals surface area contributed by atoms with Gasteiger partial charge >= 0.3 is 0 Å². The van der Waals surface area contributed by atoms with Crippen LogP contribution in [0.1, 0.15) is 51.7 Å². The Balaban J connectivity index is 2.26. The average Bonchev–Trinajstić information content (AvgIpc) is 2.79. The van der Waals surface area contributed by atoms with E-state index >= 15 is 0 Å². The summed E-state index contributed by atoms with van der Waals surface area (Å²) in [6, 6.07) is 10.3. The van der Waals surface area contributed by atoms with E-state index in [1.54, 1.807) is 23.1 Å². The lowest BCUT2D eigenvalue weighted by Crippen LogP contribution is -2.51. The van der Waals surface area contributed by atoms with E-state index in [0.29, 0.717) is 22.2 Å². The first-order valence-electron chi connectivity index (χ1n) is 11.1. The van der Waals surface area contributed by atoms with Crippen molar-refractivity contribution in [3.8, 4) is 5.75 Å². The van der Waals surface area contributed by atoms with Gasteiger partial charge in [0.1, 0.15) is 11.8 Å². The van der Waals surface area contributed by atoms with Crippen molar-refractivity contribution in [3.05, 3.63) is 62.0 Å². The SMILES string of the molecule is CCc1ccc(OCC(=O)N(Cc2ccc(Cl)c(Cl)c2)[C@H](CC)C(=O)N[C@H](C)CC)c(Br)c1. The molecule has 0 aromatic heterocycles. The molecule has 2 amide bonds. The van der Waals surface area contributed by atoms with E-state index in [-0.39, 0.29) is 31.0 Å². The topological polar surface area (TPSA) is 58.6 Å². The molecule has 2 aromatic carbocycles. The Bertz CT molecular complexity index is 971. The fourth-order valence-electron chi connectivity index (χ4n) is 3.30. The van der Waals surface area contributed by atoms with E-state index in [1.807, 2.05) is 39.0 Å². The van der Waals surface area contributed by atoms with Gasteiger partial charge in [0.15, 0.2) is 6.61 Å². The average molecular weight is 558 g/mol. The highest BCUT2D eigenvalue weighted by atomic mass is 79.9. The van der Waals surface area contributed by atoms with Crippen LogP contribution >= 0.6 is 39.1 Å².